The Morgan fingerprint density at radius 2 is 2.00 bits per heavy atom. The summed E-state index contributed by atoms with van der Waals surface area (Å²) >= 11 is 0. The third-order valence-electron chi connectivity index (χ3n) is 8.11. The van der Waals surface area contributed by atoms with Gasteiger partial charge in [-0.25, -0.2) is 0 Å². The average molecular weight is 396 g/mol. The van der Waals surface area contributed by atoms with Gasteiger partial charge < -0.3 is 18.8 Å². The Morgan fingerprint density at radius 1 is 1.28 bits per heavy atom. The Labute approximate surface area is 176 Å². The fourth-order valence-electron chi connectivity index (χ4n) is 5.80. The predicted molar refractivity (Wildman–Crippen MR) is 119 cm³/mol. The molecule has 2 bridgehead atoms. The minimum atomic E-state index is -0.187. The Hall–Kier alpha value is -1.23. The molecule has 6 heteroatoms. The van der Waals surface area contributed by atoms with E-state index >= 15 is 0 Å². The maximum Gasteiger partial charge on any atom is 0.453 e. The highest BCUT2D eigenvalue weighted by Gasteiger charge is 2.68. The van der Waals surface area contributed by atoms with Gasteiger partial charge in [-0.15, -0.1) is 6.58 Å². The van der Waals surface area contributed by atoms with E-state index in [-0.39, 0.29) is 30.5 Å². The number of hydrogen-bond acceptors (Lipinski definition) is 4. The molecule has 0 spiro atoms. The summed E-state index contributed by atoms with van der Waals surface area (Å²) in [6.45, 7) is 12.3. The molecule has 0 amide bonds. The van der Waals surface area contributed by atoms with E-state index in [1.54, 1.807) is 7.11 Å². The van der Waals surface area contributed by atoms with Gasteiger partial charge >= 0.3 is 7.12 Å². The number of rotatable bonds is 8. The fourth-order valence-corrected chi connectivity index (χ4v) is 5.80. The normalized spacial score (nSPS) is 34.1. The largest absolute Gasteiger partial charge is 0.497 e. The molecule has 1 aromatic rings. The monoisotopic (exact) mass is 396 g/mol. The third kappa shape index (κ3) is 3.58. The third-order valence-corrected chi connectivity index (χ3v) is 8.11. The van der Waals surface area contributed by atoms with Crippen molar-refractivity contribution in [3.63, 3.8) is 0 Å². The molecule has 5 rings (SSSR count). The van der Waals surface area contributed by atoms with Crippen molar-refractivity contribution >= 4 is 15.0 Å². The maximum absolute atomic E-state index is 6.63. The molecule has 1 aromatic carbocycles. The smallest absolute Gasteiger partial charge is 0.453 e. The van der Waals surface area contributed by atoms with Gasteiger partial charge in [-0.3, -0.25) is 0 Å². The molecule has 3 aliphatic carbocycles. The first-order valence-electron chi connectivity index (χ1n) is 11.0. The van der Waals surface area contributed by atoms with E-state index in [0.717, 1.165) is 23.7 Å². The van der Waals surface area contributed by atoms with Crippen LogP contribution in [-0.2, 0) is 20.7 Å². The molecule has 156 valence electrons. The molecule has 4 fully saturated rings. The molecular weight excluding hydrogens is 362 g/mol. The number of methoxy groups -OCH3 is 1. The highest BCUT2D eigenvalue weighted by Crippen LogP contribution is 2.66. The van der Waals surface area contributed by atoms with Crippen molar-refractivity contribution in [2.75, 3.05) is 13.7 Å². The molecule has 4 aliphatic rings. The molecular formula is C23H34B2O4. The average Bonchev–Trinajstić information content (AvgIpc) is 3.08. The number of hydrogen-bond donors (Lipinski definition) is 0. The minimum Gasteiger partial charge on any atom is -0.497 e. The first-order chi connectivity index (χ1) is 13.8. The second-order valence-corrected chi connectivity index (χ2v) is 9.96. The Bertz CT molecular complexity index is 737. The van der Waals surface area contributed by atoms with Crippen molar-refractivity contribution in [3.05, 3.63) is 42.5 Å². The quantitative estimate of drug-likeness (QED) is 0.496. The Kier molecular flexibility index (Phi) is 5.65. The standard InChI is InChI=1S/C23H34B2O4/c1-6-16(14-27-13-15-7-9-18(26-5)10-8-15)21(24)25-28-20-12-17-11-19(22(17,2)3)23(20,4)29-25/h6-10,16-17,19-21H,1,11-14,24H2,2-5H3/t16?,17-,19?,20+,21?,23-/m0/s1. The van der Waals surface area contributed by atoms with Crippen molar-refractivity contribution in [1.82, 2.24) is 0 Å². The van der Waals surface area contributed by atoms with E-state index in [1.165, 1.54) is 6.42 Å². The highest BCUT2D eigenvalue weighted by atomic mass is 16.7. The van der Waals surface area contributed by atoms with Gasteiger partial charge in [-0.1, -0.05) is 32.1 Å². The van der Waals surface area contributed by atoms with Crippen molar-refractivity contribution in [2.24, 2.45) is 23.2 Å². The van der Waals surface area contributed by atoms with Crippen molar-refractivity contribution < 1.29 is 18.8 Å². The van der Waals surface area contributed by atoms with Crippen LogP contribution in [0.25, 0.3) is 0 Å². The topological polar surface area (TPSA) is 36.9 Å². The van der Waals surface area contributed by atoms with Gasteiger partial charge in [0.05, 0.1) is 32.0 Å². The van der Waals surface area contributed by atoms with Crippen LogP contribution in [0.15, 0.2) is 36.9 Å². The lowest BCUT2D eigenvalue weighted by atomic mass is 9.43. The van der Waals surface area contributed by atoms with Crippen LogP contribution in [-0.4, -0.2) is 40.4 Å². The van der Waals surface area contributed by atoms with E-state index in [9.17, 15) is 0 Å². The molecule has 3 saturated carbocycles. The lowest BCUT2D eigenvalue weighted by Crippen LogP contribution is -2.65. The lowest BCUT2D eigenvalue weighted by molar-refractivity contribution is -0.199. The molecule has 1 aliphatic heterocycles. The van der Waals surface area contributed by atoms with Crippen LogP contribution < -0.4 is 4.74 Å². The summed E-state index contributed by atoms with van der Waals surface area (Å²) in [4.78, 5) is 0. The predicted octanol–water partition coefficient (Wildman–Crippen LogP) is 3.70. The molecule has 6 atom stereocenters. The van der Waals surface area contributed by atoms with Gasteiger partial charge in [0.2, 0.25) is 0 Å². The van der Waals surface area contributed by atoms with Crippen LogP contribution in [0.1, 0.15) is 39.2 Å². The zero-order valence-electron chi connectivity index (χ0n) is 18.5. The summed E-state index contributed by atoms with van der Waals surface area (Å²) in [6.07, 6.45) is 4.60. The second-order valence-electron chi connectivity index (χ2n) is 9.96. The summed E-state index contributed by atoms with van der Waals surface area (Å²) in [5.74, 6) is 2.40. The number of benzene rings is 1. The van der Waals surface area contributed by atoms with E-state index in [4.69, 9.17) is 18.8 Å². The van der Waals surface area contributed by atoms with E-state index < -0.39 is 0 Å². The van der Waals surface area contributed by atoms with Crippen LogP contribution in [0, 0.1) is 23.2 Å². The fraction of sp³-hybridized carbons (Fsp3) is 0.652. The van der Waals surface area contributed by atoms with Crippen LogP contribution in [0.3, 0.4) is 0 Å². The number of ether oxygens (including phenoxy) is 2. The van der Waals surface area contributed by atoms with E-state index in [2.05, 4.69) is 35.2 Å². The SMILES string of the molecule is BC(B1O[C@@H]2C[C@@H]3CC(C3(C)C)[C@]2(C)O1)C(C=C)COCc1ccc(OC)cc1. The summed E-state index contributed by atoms with van der Waals surface area (Å²) in [7, 11) is 3.69. The molecule has 3 unspecified atom stereocenters. The minimum absolute atomic E-state index is 0.160. The highest BCUT2D eigenvalue weighted by molar-refractivity contribution is 6.57. The van der Waals surface area contributed by atoms with Gasteiger partial charge in [0.15, 0.2) is 0 Å². The van der Waals surface area contributed by atoms with Crippen molar-refractivity contribution in [1.29, 1.82) is 0 Å². The molecule has 1 heterocycles. The van der Waals surface area contributed by atoms with Crippen molar-refractivity contribution in [3.8, 4) is 5.75 Å². The summed E-state index contributed by atoms with van der Waals surface area (Å²) < 4.78 is 24.3. The van der Waals surface area contributed by atoms with Gasteiger partial charge in [0.1, 0.15) is 13.6 Å². The first kappa shape index (κ1) is 21.0. The zero-order chi connectivity index (χ0) is 20.8. The van der Waals surface area contributed by atoms with Crippen LogP contribution in [0.2, 0.25) is 5.72 Å². The van der Waals surface area contributed by atoms with Crippen LogP contribution >= 0.6 is 0 Å². The summed E-state index contributed by atoms with van der Waals surface area (Å²) in [6, 6.07) is 7.99. The second kappa shape index (κ2) is 7.79. The molecule has 0 N–H and O–H groups in total. The van der Waals surface area contributed by atoms with Crippen LogP contribution in [0.5, 0.6) is 5.75 Å². The van der Waals surface area contributed by atoms with Crippen molar-refractivity contribution in [2.45, 2.75) is 57.6 Å². The zero-order valence-corrected chi connectivity index (χ0v) is 18.5. The Morgan fingerprint density at radius 3 is 2.62 bits per heavy atom. The van der Waals surface area contributed by atoms with Gasteiger partial charge in [0.25, 0.3) is 0 Å². The molecule has 1 saturated heterocycles. The van der Waals surface area contributed by atoms with E-state index in [1.807, 2.05) is 30.3 Å². The van der Waals surface area contributed by atoms with E-state index in [0.29, 0.717) is 24.5 Å². The van der Waals surface area contributed by atoms with Crippen LogP contribution in [0.4, 0.5) is 0 Å². The molecule has 4 nitrogen and oxygen atoms in total. The van der Waals surface area contributed by atoms with Gasteiger partial charge in [-0.2, -0.15) is 0 Å². The van der Waals surface area contributed by atoms with Gasteiger partial charge in [-0.05, 0) is 66.3 Å². The Balaban J connectivity index is 1.33. The maximum atomic E-state index is 6.63. The molecule has 0 aromatic heterocycles. The molecule has 0 radical (unpaired) electrons. The summed E-state index contributed by atoms with van der Waals surface area (Å²) in [5.41, 5.74) is 1.54. The van der Waals surface area contributed by atoms with Gasteiger partial charge in [0, 0.05) is 0 Å². The first-order valence-corrected chi connectivity index (χ1v) is 11.0. The lowest BCUT2D eigenvalue weighted by Gasteiger charge is -2.64. The summed E-state index contributed by atoms with van der Waals surface area (Å²) in [5, 5.41) is 0. The molecule has 29 heavy (non-hydrogen) atoms.